The molecule has 0 amide bonds. The number of hydrogen-bond donors (Lipinski definition) is 1. The molecular weight excluding hydrogens is 301 g/mol. The molecule has 24 heavy (non-hydrogen) atoms. The van der Waals surface area contributed by atoms with Crippen molar-refractivity contribution in [2.75, 3.05) is 24.5 Å². The molecule has 1 saturated heterocycles. The maximum atomic E-state index is 14.0. The predicted octanol–water partition coefficient (Wildman–Crippen LogP) is 3.28. The van der Waals surface area contributed by atoms with Crippen molar-refractivity contribution in [2.24, 2.45) is 5.92 Å². The van der Waals surface area contributed by atoms with Crippen LogP contribution in [0.2, 0.25) is 0 Å². The van der Waals surface area contributed by atoms with Crippen LogP contribution < -0.4 is 10.2 Å². The molecule has 2 aromatic rings. The van der Waals surface area contributed by atoms with E-state index in [1.54, 1.807) is 12.1 Å². The van der Waals surface area contributed by atoms with E-state index in [0.717, 1.165) is 19.6 Å². The van der Waals surface area contributed by atoms with Crippen LogP contribution in [0.1, 0.15) is 23.5 Å². The zero-order valence-corrected chi connectivity index (χ0v) is 13.5. The molecule has 1 aliphatic heterocycles. The Labute approximate surface area is 141 Å². The summed E-state index contributed by atoms with van der Waals surface area (Å²) in [7, 11) is 0. The minimum atomic E-state index is -0.299. The smallest absolute Gasteiger partial charge is 0.147 e. The highest BCUT2D eigenvalue weighted by Crippen LogP contribution is 2.40. The van der Waals surface area contributed by atoms with E-state index in [2.05, 4.69) is 35.6 Å². The zero-order chi connectivity index (χ0) is 16.5. The summed E-state index contributed by atoms with van der Waals surface area (Å²) in [6.07, 6.45) is 1.21. The largest absolute Gasteiger partial charge is 0.368 e. The first-order chi connectivity index (χ1) is 11.7. The minimum Gasteiger partial charge on any atom is -0.368 e. The molecule has 0 radical (unpaired) electrons. The number of hydrogen-bond acceptors (Lipinski definition) is 3. The van der Waals surface area contributed by atoms with E-state index in [1.165, 1.54) is 18.1 Å². The average molecular weight is 321 g/mol. The standard InChI is InChI=1S/C20H20FN3/c21-18-8-14(10-22)6-7-20(18)24-12-15(13-24)11-23-19-9-17(19)16-4-2-1-3-5-16/h1-8,15,17,19,23H,9,11-13H2. The molecule has 1 aliphatic carbocycles. The van der Waals surface area contributed by atoms with Crippen LogP contribution in [0, 0.1) is 23.1 Å². The van der Waals surface area contributed by atoms with Gasteiger partial charge in [0.05, 0.1) is 17.3 Å². The summed E-state index contributed by atoms with van der Waals surface area (Å²) in [5.74, 6) is 0.919. The third-order valence-electron chi connectivity index (χ3n) is 5.06. The van der Waals surface area contributed by atoms with Crippen LogP contribution in [0.4, 0.5) is 10.1 Å². The third-order valence-corrected chi connectivity index (χ3v) is 5.06. The van der Waals surface area contributed by atoms with Gasteiger partial charge in [-0.1, -0.05) is 30.3 Å². The van der Waals surface area contributed by atoms with Crippen molar-refractivity contribution in [3.8, 4) is 6.07 Å². The summed E-state index contributed by atoms with van der Waals surface area (Å²) in [4.78, 5) is 2.05. The van der Waals surface area contributed by atoms with Crippen molar-refractivity contribution in [2.45, 2.75) is 18.4 Å². The Kier molecular flexibility index (Phi) is 3.95. The molecule has 2 fully saturated rings. The first-order valence-electron chi connectivity index (χ1n) is 8.47. The number of halogens is 1. The van der Waals surface area contributed by atoms with Crippen LogP contribution >= 0.6 is 0 Å². The van der Waals surface area contributed by atoms with E-state index in [-0.39, 0.29) is 5.82 Å². The highest BCUT2D eigenvalue weighted by atomic mass is 19.1. The monoisotopic (exact) mass is 321 g/mol. The van der Waals surface area contributed by atoms with Gasteiger partial charge >= 0.3 is 0 Å². The van der Waals surface area contributed by atoms with Gasteiger partial charge in [0.1, 0.15) is 5.82 Å². The van der Waals surface area contributed by atoms with Gasteiger partial charge in [-0.05, 0) is 30.2 Å². The number of rotatable bonds is 5. The van der Waals surface area contributed by atoms with E-state index in [9.17, 15) is 4.39 Å². The van der Waals surface area contributed by atoms with Crippen LogP contribution in [0.15, 0.2) is 48.5 Å². The average Bonchev–Trinajstić information content (AvgIpc) is 3.35. The molecule has 3 nitrogen and oxygen atoms in total. The number of anilines is 1. The second-order valence-corrected chi connectivity index (χ2v) is 6.82. The Bertz CT molecular complexity index is 762. The van der Waals surface area contributed by atoms with Gasteiger partial charge in [-0.2, -0.15) is 5.26 Å². The van der Waals surface area contributed by atoms with Gasteiger partial charge in [0, 0.05) is 37.5 Å². The van der Waals surface area contributed by atoms with Crippen LogP contribution in [-0.4, -0.2) is 25.7 Å². The molecule has 4 heteroatoms. The van der Waals surface area contributed by atoms with Crippen LogP contribution in [0.3, 0.4) is 0 Å². The maximum absolute atomic E-state index is 14.0. The normalized spacial score (nSPS) is 22.8. The van der Waals surface area contributed by atoms with Gasteiger partial charge in [0.15, 0.2) is 0 Å². The minimum absolute atomic E-state index is 0.299. The lowest BCUT2D eigenvalue weighted by atomic mass is 9.98. The lowest BCUT2D eigenvalue weighted by Crippen LogP contribution is -2.51. The molecule has 1 heterocycles. The molecule has 4 rings (SSSR count). The van der Waals surface area contributed by atoms with Crippen molar-refractivity contribution in [3.05, 3.63) is 65.5 Å². The van der Waals surface area contributed by atoms with Crippen molar-refractivity contribution in [1.29, 1.82) is 5.26 Å². The maximum Gasteiger partial charge on any atom is 0.147 e. The van der Waals surface area contributed by atoms with Crippen LogP contribution in [-0.2, 0) is 0 Å². The molecule has 0 aromatic heterocycles. The quantitative estimate of drug-likeness (QED) is 0.918. The summed E-state index contributed by atoms with van der Waals surface area (Å²) in [5.41, 5.74) is 2.40. The topological polar surface area (TPSA) is 39.1 Å². The van der Waals surface area contributed by atoms with Gasteiger partial charge in [-0.3, -0.25) is 0 Å². The molecule has 2 unspecified atom stereocenters. The first kappa shape index (κ1) is 15.2. The number of benzene rings is 2. The molecular formula is C20H20FN3. The van der Waals surface area contributed by atoms with E-state index < -0.39 is 0 Å². The molecule has 2 aromatic carbocycles. The Morgan fingerprint density at radius 2 is 1.96 bits per heavy atom. The molecule has 2 aliphatic rings. The van der Waals surface area contributed by atoms with Gasteiger partial charge in [-0.25, -0.2) is 4.39 Å². The van der Waals surface area contributed by atoms with Gasteiger partial charge in [0.2, 0.25) is 0 Å². The Morgan fingerprint density at radius 3 is 2.67 bits per heavy atom. The van der Waals surface area contributed by atoms with Gasteiger partial charge in [-0.15, -0.1) is 0 Å². The summed E-state index contributed by atoms with van der Waals surface area (Å²) >= 11 is 0. The highest BCUT2D eigenvalue weighted by Gasteiger charge is 2.39. The van der Waals surface area contributed by atoms with E-state index in [1.807, 2.05) is 11.0 Å². The lowest BCUT2D eigenvalue weighted by molar-refractivity contribution is 0.379. The molecule has 2 atom stereocenters. The Hall–Kier alpha value is -2.38. The van der Waals surface area contributed by atoms with E-state index >= 15 is 0 Å². The van der Waals surface area contributed by atoms with Gasteiger partial charge in [0.25, 0.3) is 0 Å². The molecule has 122 valence electrons. The highest BCUT2D eigenvalue weighted by molar-refractivity contribution is 5.53. The third kappa shape index (κ3) is 3.00. The fraction of sp³-hybridized carbons (Fsp3) is 0.350. The number of nitrogens with one attached hydrogen (secondary N) is 1. The van der Waals surface area contributed by atoms with Gasteiger partial charge < -0.3 is 10.2 Å². The predicted molar refractivity (Wildman–Crippen MR) is 92.4 cm³/mol. The summed E-state index contributed by atoms with van der Waals surface area (Å²) in [6.45, 7) is 2.74. The van der Waals surface area contributed by atoms with E-state index in [0.29, 0.717) is 29.1 Å². The molecule has 1 N–H and O–H groups in total. The van der Waals surface area contributed by atoms with Crippen LogP contribution in [0.25, 0.3) is 0 Å². The van der Waals surface area contributed by atoms with Crippen molar-refractivity contribution < 1.29 is 4.39 Å². The molecule has 0 spiro atoms. The fourth-order valence-corrected chi connectivity index (χ4v) is 3.54. The van der Waals surface area contributed by atoms with Crippen molar-refractivity contribution in [1.82, 2.24) is 5.32 Å². The second-order valence-electron chi connectivity index (χ2n) is 6.82. The molecule has 1 saturated carbocycles. The second kappa shape index (κ2) is 6.26. The van der Waals surface area contributed by atoms with Crippen molar-refractivity contribution in [3.63, 3.8) is 0 Å². The summed E-state index contributed by atoms with van der Waals surface area (Å²) in [5, 5.41) is 12.4. The fourth-order valence-electron chi connectivity index (χ4n) is 3.54. The zero-order valence-electron chi connectivity index (χ0n) is 13.5. The van der Waals surface area contributed by atoms with Crippen LogP contribution in [0.5, 0.6) is 0 Å². The Balaban J connectivity index is 1.24. The SMILES string of the molecule is N#Cc1ccc(N2CC(CNC3CC3c3ccccc3)C2)c(F)c1. The summed E-state index contributed by atoms with van der Waals surface area (Å²) in [6, 6.07) is 17.9. The molecule has 0 bridgehead atoms. The van der Waals surface area contributed by atoms with E-state index in [4.69, 9.17) is 5.26 Å². The lowest BCUT2D eigenvalue weighted by Gasteiger charge is -2.41. The Morgan fingerprint density at radius 1 is 1.17 bits per heavy atom. The first-order valence-corrected chi connectivity index (χ1v) is 8.47. The number of nitrogens with zero attached hydrogens (tertiary/aromatic N) is 2. The van der Waals surface area contributed by atoms with Crippen molar-refractivity contribution >= 4 is 5.69 Å². The summed E-state index contributed by atoms with van der Waals surface area (Å²) < 4.78 is 14.0. The number of nitriles is 1.